The summed E-state index contributed by atoms with van der Waals surface area (Å²) in [5.74, 6) is 0.403. The van der Waals surface area contributed by atoms with Crippen LogP contribution in [-0.2, 0) is 11.3 Å². The molecule has 1 atom stereocenters. The van der Waals surface area contributed by atoms with Gasteiger partial charge in [-0.05, 0) is 29.7 Å². The van der Waals surface area contributed by atoms with Crippen molar-refractivity contribution in [1.82, 2.24) is 5.32 Å². The number of amides is 1. The van der Waals surface area contributed by atoms with E-state index in [9.17, 15) is 4.79 Å². The van der Waals surface area contributed by atoms with Gasteiger partial charge in [0.25, 0.3) is 0 Å². The zero-order valence-corrected chi connectivity index (χ0v) is 12.3. The van der Waals surface area contributed by atoms with Crippen molar-refractivity contribution in [1.29, 1.82) is 0 Å². The maximum atomic E-state index is 11.7. The molecular weight excluding hydrogens is 264 g/mol. The summed E-state index contributed by atoms with van der Waals surface area (Å²) in [4.78, 5) is 11.7. The monoisotopic (exact) mass is 284 g/mol. The van der Waals surface area contributed by atoms with Crippen molar-refractivity contribution in [3.05, 3.63) is 65.2 Å². The highest BCUT2D eigenvalue weighted by atomic mass is 16.5. The maximum Gasteiger partial charge on any atom is 0.239 e. The molecule has 1 amide bonds. The van der Waals surface area contributed by atoms with Gasteiger partial charge in [0.15, 0.2) is 0 Å². The minimum Gasteiger partial charge on any atom is -0.496 e. The maximum absolute atomic E-state index is 11.7. The van der Waals surface area contributed by atoms with Crippen molar-refractivity contribution < 1.29 is 9.53 Å². The van der Waals surface area contributed by atoms with Crippen LogP contribution in [0.1, 0.15) is 22.7 Å². The minimum atomic E-state index is -0.519. The highest BCUT2D eigenvalue weighted by Crippen LogP contribution is 2.22. The third kappa shape index (κ3) is 3.83. The summed E-state index contributed by atoms with van der Waals surface area (Å²) in [6.07, 6.45) is 0. The number of hydrogen-bond donors (Lipinski definition) is 2. The Morgan fingerprint density at radius 1 is 1.24 bits per heavy atom. The molecule has 0 aliphatic rings. The van der Waals surface area contributed by atoms with Gasteiger partial charge in [-0.3, -0.25) is 10.1 Å². The van der Waals surface area contributed by atoms with E-state index in [4.69, 9.17) is 10.5 Å². The molecular formula is C17H20N2O2. The normalized spacial score (nSPS) is 11.9. The third-order valence-electron chi connectivity index (χ3n) is 3.39. The summed E-state index contributed by atoms with van der Waals surface area (Å²) in [6, 6.07) is 15.0. The Hall–Kier alpha value is -2.33. The molecule has 1 unspecified atom stereocenters. The van der Waals surface area contributed by atoms with E-state index in [-0.39, 0.29) is 0 Å². The van der Waals surface area contributed by atoms with Crippen LogP contribution in [-0.4, -0.2) is 13.0 Å². The summed E-state index contributed by atoms with van der Waals surface area (Å²) in [5, 5.41) is 3.20. The first-order valence-corrected chi connectivity index (χ1v) is 6.83. The molecule has 4 heteroatoms. The molecule has 0 fully saturated rings. The van der Waals surface area contributed by atoms with Crippen molar-refractivity contribution >= 4 is 5.91 Å². The second kappa shape index (κ2) is 6.90. The van der Waals surface area contributed by atoms with Gasteiger partial charge < -0.3 is 10.5 Å². The van der Waals surface area contributed by atoms with Crippen LogP contribution in [0.5, 0.6) is 5.75 Å². The Morgan fingerprint density at radius 3 is 2.52 bits per heavy atom. The number of hydrogen-bond acceptors (Lipinski definition) is 3. The Balaban J connectivity index is 2.15. The summed E-state index contributed by atoms with van der Waals surface area (Å²) < 4.78 is 5.23. The molecule has 2 aromatic carbocycles. The fourth-order valence-electron chi connectivity index (χ4n) is 2.28. The minimum absolute atomic E-state index is 0.393. The quantitative estimate of drug-likeness (QED) is 0.855. The highest BCUT2D eigenvalue weighted by molar-refractivity contribution is 5.81. The molecule has 0 radical (unpaired) electrons. The smallest absolute Gasteiger partial charge is 0.239 e. The lowest BCUT2D eigenvalue weighted by atomic mass is 10.0. The van der Waals surface area contributed by atoms with E-state index in [2.05, 4.69) is 5.32 Å². The first-order valence-electron chi connectivity index (χ1n) is 6.83. The standard InChI is InChI=1S/C17H20N2O2/c1-12-10-14(8-9-15(12)21-2)16(17(18)20)19-11-13-6-4-3-5-7-13/h3-10,16,19H,11H2,1-2H3,(H2,18,20). The van der Waals surface area contributed by atoms with E-state index in [0.29, 0.717) is 6.54 Å². The van der Waals surface area contributed by atoms with Crippen LogP contribution in [0.2, 0.25) is 0 Å². The molecule has 0 saturated heterocycles. The average molecular weight is 284 g/mol. The summed E-state index contributed by atoms with van der Waals surface area (Å²) >= 11 is 0. The van der Waals surface area contributed by atoms with Gasteiger partial charge in [0.05, 0.1) is 7.11 Å². The summed E-state index contributed by atoms with van der Waals surface area (Å²) in [6.45, 7) is 2.52. The van der Waals surface area contributed by atoms with E-state index in [1.165, 1.54) is 0 Å². The van der Waals surface area contributed by atoms with Crippen molar-refractivity contribution in [2.24, 2.45) is 5.73 Å². The topological polar surface area (TPSA) is 64.3 Å². The molecule has 2 aromatic rings. The van der Waals surface area contributed by atoms with Gasteiger partial charge in [-0.1, -0.05) is 42.5 Å². The summed E-state index contributed by atoms with van der Waals surface area (Å²) in [5.41, 5.74) is 8.45. The Morgan fingerprint density at radius 2 is 1.95 bits per heavy atom. The SMILES string of the molecule is COc1ccc(C(NCc2ccccc2)C(N)=O)cc1C. The van der Waals surface area contributed by atoms with Gasteiger partial charge in [0.2, 0.25) is 5.91 Å². The summed E-state index contributed by atoms with van der Waals surface area (Å²) in [7, 11) is 1.63. The van der Waals surface area contributed by atoms with Crippen LogP contribution in [0.4, 0.5) is 0 Å². The molecule has 3 N–H and O–H groups in total. The van der Waals surface area contributed by atoms with Crippen LogP contribution in [0, 0.1) is 6.92 Å². The zero-order chi connectivity index (χ0) is 15.2. The number of carbonyl (C=O) groups is 1. The number of aryl methyl sites for hydroxylation is 1. The second-order valence-corrected chi connectivity index (χ2v) is 4.93. The predicted molar refractivity (Wildman–Crippen MR) is 82.9 cm³/mol. The molecule has 0 aliphatic heterocycles. The van der Waals surface area contributed by atoms with E-state index >= 15 is 0 Å². The van der Waals surface area contributed by atoms with Gasteiger partial charge in [-0.25, -0.2) is 0 Å². The largest absolute Gasteiger partial charge is 0.496 e. The average Bonchev–Trinajstić information content (AvgIpc) is 2.48. The second-order valence-electron chi connectivity index (χ2n) is 4.93. The van der Waals surface area contributed by atoms with Crippen molar-refractivity contribution in [2.75, 3.05) is 7.11 Å². The Labute approximate surface area is 124 Å². The fourth-order valence-corrected chi connectivity index (χ4v) is 2.28. The molecule has 21 heavy (non-hydrogen) atoms. The van der Waals surface area contributed by atoms with Gasteiger partial charge in [-0.15, -0.1) is 0 Å². The Kier molecular flexibility index (Phi) is 4.95. The molecule has 0 heterocycles. The lowest BCUT2D eigenvalue weighted by Gasteiger charge is -2.17. The Bertz CT molecular complexity index is 611. The van der Waals surface area contributed by atoms with Crippen LogP contribution < -0.4 is 15.8 Å². The zero-order valence-electron chi connectivity index (χ0n) is 12.3. The van der Waals surface area contributed by atoms with E-state index in [1.807, 2.05) is 55.5 Å². The molecule has 0 aromatic heterocycles. The number of nitrogens with two attached hydrogens (primary N) is 1. The van der Waals surface area contributed by atoms with Gasteiger partial charge in [0, 0.05) is 6.54 Å². The third-order valence-corrected chi connectivity index (χ3v) is 3.39. The number of benzene rings is 2. The molecule has 2 rings (SSSR count). The number of ether oxygens (including phenoxy) is 1. The number of carbonyl (C=O) groups excluding carboxylic acids is 1. The van der Waals surface area contributed by atoms with Crippen molar-refractivity contribution in [2.45, 2.75) is 19.5 Å². The van der Waals surface area contributed by atoms with Gasteiger partial charge >= 0.3 is 0 Å². The van der Waals surface area contributed by atoms with Crippen LogP contribution in [0.15, 0.2) is 48.5 Å². The number of rotatable bonds is 6. The van der Waals surface area contributed by atoms with E-state index < -0.39 is 11.9 Å². The number of methoxy groups -OCH3 is 1. The predicted octanol–water partition coefficient (Wildman–Crippen LogP) is 2.32. The van der Waals surface area contributed by atoms with Crippen LogP contribution >= 0.6 is 0 Å². The number of nitrogens with one attached hydrogen (secondary N) is 1. The molecule has 0 spiro atoms. The van der Waals surface area contributed by atoms with E-state index in [1.54, 1.807) is 7.11 Å². The highest BCUT2D eigenvalue weighted by Gasteiger charge is 2.18. The lowest BCUT2D eigenvalue weighted by molar-refractivity contribution is -0.120. The lowest BCUT2D eigenvalue weighted by Crippen LogP contribution is -2.33. The molecule has 0 bridgehead atoms. The van der Waals surface area contributed by atoms with Crippen molar-refractivity contribution in [3.63, 3.8) is 0 Å². The fraction of sp³-hybridized carbons (Fsp3) is 0.235. The molecule has 110 valence electrons. The van der Waals surface area contributed by atoms with Gasteiger partial charge in [0.1, 0.15) is 11.8 Å². The van der Waals surface area contributed by atoms with E-state index in [0.717, 1.165) is 22.4 Å². The molecule has 4 nitrogen and oxygen atoms in total. The van der Waals surface area contributed by atoms with Crippen LogP contribution in [0.3, 0.4) is 0 Å². The van der Waals surface area contributed by atoms with Crippen LogP contribution in [0.25, 0.3) is 0 Å². The first-order chi connectivity index (χ1) is 10.1. The van der Waals surface area contributed by atoms with Gasteiger partial charge in [-0.2, -0.15) is 0 Å². The van der Waals surface area contributed by atoms with Crippen molar-refractivity contribution in [3.8, 4) is 5.75 Å². The first kappa shape index (κ1) is 15.1. The molecule has 0 saturated carbocycles. The molecule has 0 aliphatic carbocycles. The number of primary amides is 1.